The number of carbonyl (C=O) groups excluding carboxylic acids is 1. The predicted molar refractivity (Wildman–Crippen MR) is 171 cm³/mol. The van der Waals surface area contributed by atoms with Gasteiger partial charge in [-0.15, -0.1) is 11.8 Å². The first-order chi connectivity index (χ1) is 21.5. The van der Waals surface area contributed by atoms with Crippen molar-refractivity contribution in [3.63, 3.8) is 0 Å². The van der Waals surface area contributed by atoms with Crippen LogP contribution < -0.4 is 5.32 Å². The second-order valence-electron chi connectivity index (χ2n) is 10.8. The van der Waals surface area contributed by atoms with Crippen LogP contribution in [0.5, 0.6) is 0 Å². The molecule has 1 amide bonds. The Bertz CT molecular complexity index is 1530. The summed E-state index contributed by atoms with van der Waals surface area (Å²) in [5.41, 5.74) is 5.81. The van der Waals surface area contributed by atoms with Crippen molar-refractivity contribution >= 4 is 23.6 Å². The normalized spacial score (nSPS) is 18.1. The van der Waals surface area contributed by atoms with Crippen molar-refractivity contribution < 1.29 is 29.3 Å². The summed E-state index contributed by atoms with van der Waals surface area (Å²) in [5.74, 6) is -0.268. The van der Waals surface area contributed by atoms with E-state index in [1.54, 1.807) is 11.8 Å². The van der Waals surface area contributed by atoms with Gasteiger partial charge in [-0.25, -0.2) is 0 Å². The smallest absolute Gasteiger partial charge is 0.303 e. The van der Waals surface area contributed by atoms with Gasteiger partial charge in [0.05, 0.1) is 18.8 Å². The molecule has 1 heterocycles. The summed E-state index contributed by atoms with van der Waals surface area (Å²) in [4.78, 5) is 24.0. The van der Waals surface area contributed by atoms with Crippen molar-refractivity contribution in [2.24, 2.45) is 0 Å². The molecule has 0 aromatic heterocycles. The predicted octanol–water partition coefficient (Wildman–Crippen LogP) is 7.05. The first kappa shape index (κ1) is 31.5. The third-order valence-electron chi connectivity index (χ3n) is 7.50. The fourth-order valence-electron chi connectivity index (χ4n) is 5.14. The number of amides is 1. The van der Waals surface area contributed by atoms with Gasteiger partial charge in [-0.2, -0.15) is 0 Å². The Morgan fingerprint density at radius 2 is 1.55 bits per heavy atom. The maximum absolute atomic E-state index is 12.1. The summed E-state index contributed by atoms with van der Waals surface area (Å²) in [6, 6.07) is 34.4. The lowest BCUT2D eigenvalue weighted by atomic mass is 9.99. The van der Waals surface area contributed by atoms with Crippen molar-refractivity contribution in [2.45, 2.75) is 62.2 Å². The molecule has 3 N–H and O–H groups in total. The summed E-state index contributed by atoms with van der Waals surface area (Å²) in [5, 5.41) is 21.2. The zero-order valence-corrected chi connectivity index (χ0v) is 25.2. The maximum atomic E-state index is 12.1. The molecule has 0 unspecified atom stereocenters. The van der Waals surface area contributed by atoms with E-state index < -0.39 is 12.3 Å². The number of aliphatic hydroxyl groups is 1. The minimum atomic E-state index is -0.898. The third kappa shape index (κ3) is 9.03. The molecule has 4 aromatic carbocycles. The highest BCUT2D eigenvalue weighted by Gasteiger charge is 2.32. The van der Waals surface area contributed by atoms with E-state index in [4.69, 9.17) is 14.6 Å². The van der Waals surface area contributed by atoms with Crippen molar-refractivity contribution in [3.05, 3.63) is 125 Å². The molecule has 0 spiro atoms. The molecule has 44 heavy (non-hydrogen) atoms. The molecular formula is C36H37NO6S. The van der Waals surface area contributed by atoms with E-state index in [0.29, 0.717) is 13.0 Å². The van der Waals surface area contributed by atoms with Crippen LogP contribution in [-0.4, -0.2) is 33.9 Å². The quantitative estimate of drug-likeness (QED) is 0.139. The lowest BCUT2D eigenvalue weighted by Gasteiger charge is -2.36. The molecule has 1 aliphatic rings. The van der Waals surface area contributed by atoms with E-state index in [1.807, 2.05) is 84.9 Å². The van der Waals surface area contributed by atoms with Crippen LogP contribution in [0.15, 0.2) is 108 Å². The molecular weight excluding hydrogens is 574 g/mol. The van der Waals surface area contributed by atoms with Crippen LogP contribution in [0.2, 0.25) is 0 Å². The Morgan fingerprint density at radius 1 is 0.795 bits per heavy atom. The van der Waals surface area contributed by atoms with E-state index in [2.05, 4.69) is 23.5 Å². The number of ether oxygens (including phenoxy) is 2. The average Bonchev–Trinajstić information content (AvgIpc) is 3.07. The Kier molecular flexibility index (Phi) is 11.2. The number of benzene rings is 4. The Morgan fingerprint density at radius 3 is 2.30 bits per heavy atom. The third-order valence-corrected chi connectivity index (χ3v) is 8.64. The summed E-state index contributed by atoms with van der Waals surface area (Å²) in [6.07, 6.45) is 0.463. The van der Waals surface area contributed by atoms with Gasteiger partial charge in [0.2, 0.25) is 5.91 Å². The van der Waals surface area contributed by atoms with Crippen molar-refractivity contribution in [1.82, 2.24) is 5.32 Å². The number of aliphatic carboxylic acids is 1. The minimum absolute atomic E-state index is 0.00103. The second kappa shape index (κ2) is 15.7. The summed E-state index contributed by atoms with van der Waals surface area (Å²) in [6.45, 7) is 0.368. The number of carboxylic acids is 1. The Balaban J connectivity index is 1.30. The molecule has 0 radical (unpaired) electrons. The van der Waals surface area contributed by atoms with Gasteiger partial charge < -0.3 is 25.0 Å². The number of rotatable bonds is 13. The zero-order valence-electron chi connectivity index (χ0n) is 24.4. The molecule has 0 saturated carbocycles. The Labute approximate surface area is 262 Å². The van der Waals surface area contributed by atoms with Crippen molar-refractivity contribution in [3.8, 4) is 11.1 Å². The standard InChI is InChI=1S/C36H37NO6S/c38-23-25-15-17-27(18-16-25)33-21-31(24-44-32-11-2-1-3-12-32)42-36(43-33)30-10-5-9-29(20-30)28-8-4-7-26(19-28)22-37-34(39)13-6-14-35(40)41/h1-5,7-12,15-20,31,33,36,38H,6,13-14,21-24H2,(H,37,39)(H,40,41)/t31-,33+,36+/m0/s1. The van der Waals surface area contributed by atoms with Gasteiger partial charge >= 0.3 is 5.97 Å². The van der Waals surface area contributed by atoms with E-state index in [1.165, 1.54) is 4.90 Å². The highest BCUT2D eigenvalue weighted by molar-refractivity contribution is 7.99. The lowest BCUT2D eigenvalue weighted by Crippen LogP contribution is -2.31. The molecule has 4 aromatic rings. The fourth-order valence-corrected chi connectivity index (χ4v) is 6.09. The summed E-state index contributed by atoms with van der Waals surface area (Å²) < 4.78 is 13.1. The van der Waals surface area contributed by atoms with Crippen LogP contribution >= 0.6 is 11.8 Å². The lowest BCUT2D eigenvalue weighted by molar-refractivity contribution is -0.245. The molecule has 1 aliphatic heterocycles. The van der Waals surface area contributed by atoms with Gasteiger partial charge in [0.25, 0.3) is 0 Å². The number of carboxylic acid groups (broad SMARTS) is 1. The average molecular weight is 612 g/mol. The van der Waals surface area contributed by atoms with Crippen LogP contribution in [0.4, 0.5) is 0 Å². The van der Waals surface area contributed by atoms with Gasteiger partial charge in [-0.1, -0.05) is 78.9 Å². The van der Waals surface area contributed by atoms with Crippen molar-refractivity contribution in [2.75, 3.05) is 5.75 Å². The highest BCUT2D eigenvalue weighted by atomic mass is 32.2. The first-order valence-corrected chi connectivity index (χ1v) is 15.8. The van der Waals surface area contributed by atoms with E-state index in [9.17, 15) is 14.7 Å². The zero-order chi connectivity index (χ0) is 30.7. The molecule has 0 bridgehead atoms. The summed E-state index contributed by atoms with van der Waals surface area (Å²) >= 11 is 1.77. The monoisotopic (exact) mass is 611 g/mol. The van der Waals surface area contributed by atoms with Gasteiger partial charge in [0.1, 0.15) is 0 Å². The van der Waals surface area contributed by atoms with Crippen LogP contribution in [-0.2, 0) is 32.2 Å². The van der Waals surface area contributed by atoms with Gasteiger partial charge in [-0.05, 0) is 58.5 Å². The topological polar surface area (TPSA) is 105 Å². The summed E-state index contributed by atoms with van der Waals surface area (Å²) in [7, 11) is 0. The van der Waals surface area contributed by atoms with E-state index in [-0.39, 0.29) is 37.6 Å². The molecule has 1 fully saturated rings. The number of aliphatic hydroxyl groups excluding tert-OH is 1. The molecule has 3 atom stereocenters. The number of hydrogen-bond acceptors (Lipinski definition) is 6. The number of carbonyl (C=O) groups is 2. The highest BCUT2D eigenvalue weighted by Crippen LogP contribution is 2.40. The fraction of sp³-hybridized carbons (Fsp3) is 0.278. The van der Waals surface area contributed by atoms with E-state index >= 15 is 0 Å². The SMILES string of the molecule is O=C(O)CCCC(=O)NCc1cccc(-c2cccc([C@@H]3O[C@H](CSc4ccccc4)C[C@H](c4ccc(CO)cc4)O3)c2)c1. The van der Waals surface area contributed by atoms with Gasteiger partial charge in [0.15, 0.2) is 6.29 Å². The minimum Gasteiger partial charge on any atom is -0.481 e. The number of nitrogens with one attached hydrogen (secondary N) is 1. The molecule has 8 heteroatoms. The first-order valence-electron chi connectivity index (χ1n) is 14.8. The Hall–Kier alpha value is -3.95. The second-order valence-corrected chi connectivity index (χ2v) is 11.9. The van der Waals surface area contributed by atoms with Crippen LogP contribution in [0.3, 0.4) is 0 Å². The molecule has 5 rings (SSSR count). The molecule has 228 valence electrons. The largest absolute Gasteiger partial charge is 0.481 e. The number of thioether (sulfide) groups is 1. The maximum Gasteiger partial charge on any atom is 0.303 e. The van der Waals surface area contributed by atoms with E-state index in [0.717, 1.165) is 45.6 Å². The molecule has 1 saturated heterocycles. The van der Waals surface area contributed by atoms with Gasteiger partial charge in [0, 0.05) is 42.0 Å². The van der Waals surface area contributed by atoms with Gasteiger partial charge in [-0.3, -0.25) is 9.59 Å². The number of hydrogen-bond donors (Lipinski definition) is 3. The molecule has 7 nitrogen and oxygen atoms in total. The van der Waals surface area contributed by atoms with Crippen LogP contribution in [0.1, 0.15) is 60.3 Å². The van der Waals surface area contributed by atoms with Crippen LogP contribution in [0, 0.1) is 0 Å². The van der Waals surface area contributed by atoms with Crippen LogP contribution in [0.25, 0.3) is 11.1 Å². The molecule has 0 aliphatic carbocycles. The van der Waals surface area contributed by atoms with Crippen molar-refractivity contribution in [1.29, 1.82) is 0 Å².